The van der Waals surface area contributed by atoms with E-state index < -0.39 is 10.0 Å². The molecular weight excluding hydrogens is 252 g/mol. The Labute approximate surface area is 108 Å². The van der Waals surface area contributed by atoms with Crippen molar-refractivity contribution in [1.82, 2.24) is 10.3 Å². The van der Waals surface area contributed by atoms with Gasteiger partial charge in [0.1, 0.15) is 0 Å². The van der Waals surface area contributed by atoms with E-state index in [-0.39, 0.29) is 16.7 Å². The highest BCUT2D eigenvalue weighted by molar-refractivity contribution is 7.89. The number of nitrogens with one attached hydrogen (secondary N) is 2. The lowest BCUT2D eigenvalue weighted by Gasteiger charge is -2.12. The number of carbonyl (C=O) groups is 1. The molecule has 0 aliphatic heterocycles. The normalized spacial score (nSPS) is 11.6. The maximum absolute atomic E-state index is 12.0. The van der Waals surface area contributed by atoms with Gasteiger partial charge in [-0.2, -0.15) is 0 Å². The van der Waals surface area contributed by atoms with Crippen LogP contribution in [0.3, 0.4) is 0 Å². The number of hydrogen-bond donors (Lipinski definition) is 2. The molecule has 0 aliphatic carbocycles. The fourth-order valence-corrected chi connectivity index (χ4v) is 2.49. The van der Waals surface area contributed by atoms with E-state index in [1.807, 2.05) is 6.92 Å². The lowest BCUT2D eigenvalue weighted by Crippen LogP contribution is -2.43. The number of benzene rings is 1. The highest BCUT2D eigenvalue weighted by atomic mass is 32.2. The van der Waals surface area contributed by atoms with Crippen LogP contribution in [0.25, 0.3) is 0 Å². The molecular formula is C12H18N2O3S. The van der Waals surface area contributed by atoms with Crippen molar-refractivity contribution in [1.29, 1.82) is 0 Å². The van der Waals surface area contributed by atoms with Gasteiger partial charge in [0.2, 0.25) is 5.91 Å². The van der Waals surface area contributed by atoms with Crippen molar-refractivity contribution in [2.24, 2.45) is 5.92 Å². The van der Waals surface area contributed by atoms with E-state index >= 15 is 0 Å². The maximum atomic E-state index is 12.0. The monoisotopic (exact) mass is 270 g/mol. The van der Waals surface area contributed by atoms with Crippen LogP contribution in [-0.4, -0.2) is 14.3 Å². The number of aryl methyl sites for hydroxylation is 2. The predicted molar refractivity (Wildman–Crippen MR) is 69.2 cm³/mol. The highest BCUT2D eigenvalue weighted by Gasteiger charge is 2.18. The topological polar surface area (TPSA) is 75.3 Å². The summed E-state index contributed by atoms with van der Waals surface area (Å²) in [7, 11) is -3.72. The van der Waals surface area contributed by atoms with Gasteiger partial charge in [0.25, 0.3) is 10.0 Å². The van der Waals surface area contributed by atoms with Gasteiger partial charge in [-0.25, -0.2) is 8.42 Å². The molecule has 0 bridgehead atoms. The van der Waals surface area contributed by atoms with E-state index in [4.69, 9.17) is 0 Å². The second kappa shape index (κ2) is 5.49. The zero-order valence-electron chi connectivity index (χ0n) is 10.9. The molecule has 0 saturated heterocycles. The molecule has 1 aromatic carbocycles. The van der Waals surface area contributed by atoms with Crippen LogP contribution in [0.15, 0.2) is 23.1 Å². The molecule has 0 aliphatic rings. The van der Waals surface area contributed by atoms with Gasteiger partial charge in [-0.1, -0.05) is 31.5 Å². The van der Waals surface area contributed by atoms with Crippen molar-refractivity contribution < 1.29 is 13.2 Å². The van der Waals surface area contributed by atoms with Gasteiger partial charge in [-0.3, -0.25) is 10.2 Å². The number of carbonyl (C=O) groups excluding carboxylic acids is 1. The van der Waals surface area contributed by atoms with E-state index in [2.05, 4.69) is 10.3 Å². The van der Waals surface area contributed by atoms with Gasteiger partial charge >= 0.3 is 0 Å². The summed E-state index contributed by atoms with van der Waals surface area (Å²) in [5, 5.41) is 0. The van der Waals surface area contributed by atoms with E-state index in [1.165, 1.54) is 6.07 Å². The molecule has 1 rings (SSSR count). The van der Waals surface area contributed by atoms with Crippen LogP contribution in [-0.2, 0) is 14.8 Å². The van der Waals surface area contributed by atoms with E-state index in [9.17, 15) is 13.2 Å². The van der Waals surface area contributed by atoms with Gasteiger partial charge in [0, 0.05) is 5.92 Å². The molecule has 1 aromatic rings. The van der Waals surface area contributed by atoms with Gasteiger partial charge < -0.3 is 0 Å². The van der Waals surface area contributed by atoms with Gasteiger partial charge in [-0.15, -0.1) is 4.83 Å². The summed E-state index contributed by atoms with van der Waals surface area (Å²) in [5.41, 5.74) is 3.81. The number of rotatable bonds is 4. The Kier molecular flexibility index (Phi) is 4.48. The highest BCUT2D eigenvalue weighted by Crippen LogP contribution is 2.15. The molecule has 18 heavy (non-hydrogen) atoms. The first-order valence-corrected chi connectivity index (χ1v) is 7.11. The van der Waals surface area contributed by atoms with Crippen molar-refractivity contribution >= 4 is 15.9 Å². The summed E-state index contributed by atoms with van der Waals surface area (Å²) in [6.45, 7) is 6.96. The molecule has 0 heterocycles. The Morgan fingerprint density at radius 2 is 1.83 bits per heavy atom. The van der Waals surface area contributed by atoms with Crippen LogP contribution in [0.2, 0.25) is 0 Å². The smallest absolute Gasteiger partial charge is 0.257 e. The van der Waals surface area contributed by atoms with E-state index in [1.54, 1.807) is 32.9 Å². The molecule has 6 heteroatoms. The van der Waals surface area contributed by atoms with Crippen LogP contribution in [0.4, 0.5) is 0 Å². The Balaban J connectivity index is 2.90. The number of hydrazine groups is 1. The summed E-state index contributed by atoms with van der Waals surface area (Å²) >= 11 is 0. The van der Waals surface area contributed by atoms with Crippen molar-refractivity contribution in [3.05, 3.63) is 29.3 Å². The first kappa shape index (κ1) is 14.7. The van der Waals surface area contributed by atoms with Crippen LogP contribution in [0, 0.1) is 19.8 Å². The van der Waals surface area contributed by atoms with Gasteiger partial charge in [0.15, 0.2) is 0 Å². The largest absolute Gasteiger partial charge is 0.277 e. The first-order valence-electron chi connectivity index (χ1n) is 5.63. The van der Waals surface area contributed by atoms with E-state index in [0.29, 0.717) is 5.56 Å². The molecule has 0 atom stereocenters. The minimum absolute atomic E-state index is 0.164. The Morgan fingerprint density at radius 1 is 1.22 bits per heavy atom. The molecule has 0 radical (unpaired) electrons. The standard InChI is InChI=1S/C12H18N2O3S/c1-8(2)12(15)13-14-18(16,17)11-6-5-9(3)7-10(11)4/h5-8,14H,1-4H3,(H,13,15). The third-order valence-corrected chi connectivity index (χ3v) is 3.86. The number of amides is 1. The SMILES string of the molecule is Cc1ccc(S(=O)(=O)NNC(=O)C(C)C)c(C)c1. The molecule has 5 nitrogen and oxygen atoms in total. The lowest BCUT2D eigenvalue weighted by atomic mass is 10.2. The maximum Gasteiger partial charge on any atom is 0.257 e. The number of sulfonamides is 1. The molecule has 0 aromatic heterocycles. The molecule has 2 N–H and O–H groups in total. The third kappa shape index (κ3) is 3.54. The molecule has 0 saturated carbocycles. The minimum Gasteiger partial charge on any atom is -0.277 e. The summed E-state index contributed by atoms with van der Waals surface area (Å²) < 4.78 is 23.9. The fraction of sp³-hybridized carbons (Fsp3) is 0.417. The minimum atomic E-state index is -3.72. The first-order chi connectivity index (χ1) is 8.24. The van der Waals surface area contributed by atoms with Crippen molar-refractivity contribution in [2.45, 2.75) is 32.6 Å². The van der Waals surface area contributed by atoms with Crippen LogP contribution < -0.4 is 10.3 Å². The van der Waals surface area contributed by atoms with Crippen molar-refractivity contribution in [3.63, 3.8) is 0 Å². The second-order valence-corrected chi connectivity index (χ2v) is 6.17. The Hall–Kier alpha value is -1.40. The predicted octanol–water partition coefficient (Wildman–Crippen LogP) is 1.27. The molecule has 0 spiro atoms. The van der Waals surface area contributed by atoms with E-state index in [0.717, 1.165) is 5.56 Å². The van der Waals surface area contributed by atoms with Crippen LogP contribution in [0.1, 0.15) is 25.0 Å². The lowest BCUT2D eigenvalue weighted by molar-refractivity contribution is -0.124. The fourth-order valence-electron chi connectivity index (χ4n) is 1.42. The summed E-state index contributed by atoms with van der Waals surface area (Å²) in [6.07, 6.45) is 0. The van der Waals surface area contributed by atoms with Crippen molar-refractivity contribution in [2.75, 3.05) is 0 Å². The summed E-state index contributed by atoms with van der Waals surface area (Å²) in [6, 6.07) is 5.01. The average molecular weight is 270 g/mol. The van der Waals surface area contributed by atoms with Crippen molar-refractivity contribution in [3.8, 4) is 0 Å². The quantitative estimate of drug-likeness (QED) is 0.809. The second-order valence-electron chi connectivity index (χ2n) is 4.52. The van der Waals surface area contributed by atoms with Crippen LogP contribution in [0.5, 0.6) is 0 Å². The molecule has 1 amide bonds. The van der Waals surface area contributed by atoms with Gasteiger partial charge in [0.05, 0.1) is 4.90 Å². The Morgan fingerprint density at radius 3 is 2.33 bits per heavy atom. The summed E-state index contributed by atoms with van der Waals surface area (Å²) in [4.78, 5) is 13.6. The number of hydrogen-bond acceptors (Lipinski definition) is 3. The molecule has 0 fully saturated rings. The molecule has 100 valence electrons. The zero-order valence-corrected chi connectivity index (χ0v) is 11.8. The van der Waals surface area contributed by atoms with Crippen LogP contribution >= 0.6 is 0 Å². The molecule has 0 unspecified atom stereocenters. The third-order valence-electron chi connectivity index (χ3n) is 2.45. The summed E-state index contributed by atoms with van der Waals surface area (Å²) in [5.74, 6) is -0.657. The zero-order chi connectivity index (χ0) is 13.9. The van der Waals surface area contributed by atoms with Gasteiger partial charge in [-0.05, 0) is 25.5 Å². The Bertz CT molecular complexity index is 550. The average Bonchev–Trinajstić information content (AvgIpc) is 2.25.